The molecule has 1 atom stereocenters. The minimum absolute atomic E-state index is 0.143. The zero-order valence-corrected chi connectivity index (χ0v) is 14.4. The zero-order chi connectivity index (χ0) is 18.2. The molecule has 0 aromatic heterocycles. The molecular formula is C20H22N2O4. The van der Waals surface area contributed by atoms with Crippen LogP contribution in [0, 0.1) is 0 Å². The third-order valence-corrected chi connectivity index (χ3v) is 4.01. The summed E-state index contributed by atoms with van der Waals surface area (Å²) in [6.07, 6.45) is 0.0645. The molecule has 0 radical (unpaired) electrons. The summed E-state index contributed by atoms with van der Waals surface area (Å²) in [5.74, 6) is 1.07. The first-order valence-electron chi connectivity index (χ1n) is 8.66. The normalized spacial score (nSPS) is 15.2. The van der Waals surface area contributed by atoms with Crippen LogP contribution in [0.5, 0.6) is 11.5 Å². The summed E-state index contributed by atoms with van der Waals surface area (Å²) in [6, 6.07) is 17.1. The van der Waals surface area contributed by atoms with Crippen LogP contribution < -0.4 is 20.1 Å². The van der Waals surface area contributed by atoms with Crippen molar-refractivity contribution in [1.82, 2.24) is 10.6 Å². The van der Waals surface area contributed by atoms with Crippen molar-refractivity contribution in [2.24, 2.45) is 0 Å². The molecule has 1 heterocycles. The third kappa shape index (κ3) is 5.24. The van der Waals surface area contributed by atoms with Crippen molar-refractivity contribution in [3.8, 4) is 11.5 Å². The third-order valence-electron chi connectivity index (χ3n) is 4.01. The van der Waals surface area contributed by atoms with Crippen LogP contribution >= 0.6 is 0 Å². The lowest BCUT2D eigenvalue weighted by molar-refractivity contribution is -0.126. The van der Waals surface area contributed by atoms with Crippen molar-refractivity contribution in [1.29, 1.82) is 0 Å². The number of rotatable bonds is 7. The fourth-order valence-corrected chi connectivity index (χ4v) is 2.59. The van der Waals surface area contributed by atoms with E-state index in [0.29, 0.717) is 31.2 Å². The molecule has 1 aliphatic heterocycles. The van der Waals surface area contributed by atoms with Gasteiger partial charge in [0.2, 0.25) is 11.8 Å². The van der Waals surface area contributed by atoms with Gasteiger partial charge in [0, 0.05) is 19.4 Å². The highest BCUT2D eigenvalue weighted by Gasteiger charge is 2.21. The van der Waals surface area contributed by atoms with Crippen LogP contribution in [0.1, 0.15) is 18.4 Å². The number of hydrogen-bond donors (Lipinski definition) is 2. The number of hydrogen-bond acceptors (Lipinski definition) is 4. The second-order valence-corrected chi connectivity index (χ2v) is 6.06. The number of fused-ring (bicyclic) bond motifs is 1. The van der Waals surface area contributed by atoms with Crippen LogP contribution in [0.2, 0.25) is 0 Å². The van der Waals surface area contributed by atoms with Crippen molar-refractivity contribution in [2.45, 2.75) is 25.5 Å². The number of carbonyl (C=O) groups excluding carboxylic acids is 2. The van der Waals surface area contributed by atoms with Crippen LogP contribution in [0.15, 0.2) is 54.6 Å². The molecule has 2 aromatic rings. The van der Waals surface area contributed by atoms with Crippen molar-refractivity contribution in [3.05, 3.63) is 60.2 Å². The van der Waals surface area contributed by atoms with Gasteiger partial charge < -0.3 is 20.1 Å². The summed E-state index contributed by atoms with van der Waals surface area (Å²) in [5, 5.41) is 5.60. The molecule has 3 rings (SSSR count). The lowest BCUT2D eigenvalue weighted by atomic mass is 10.2. The molecule has 2 amide bonds. The van der Waals surface area contributed by atoms with E-state index >= 15 is 0 Å². The molecule has 0 saturated carbocycles. The number of ether oxygens (including phenoxy) is 2. The van der Waals surface area contributed by atoms with Gasteiger partial charge in [-0.15, -0.1) is 0 Å². The Morgan fingerprint density at radius 2 is 1.54 bits per heavy atom. The van der Waals surface area contributed by atoms with Gasteiger partial charge in [0.1, 0.15) is 12.7 Å². The standard InChI is InChI=1S/C20H22N2O4/c23-19(21-12-15-6-2-1-3-7-15)10-11-20(24)22-13-16-14-25-17-8-4-5-9-18(17)26-16/h1-9,16H,10-14H2,(H,21,23)(H,22,24). The Balaban J connectivity index is 1.32. The summed E-state index contributed by atoms with van der Waals surface area (Å²) in [5.41, 5.74) is 1.03. The molecule has 0 bridgehead atoms. The predicted molar refractivity (Wildman–Crippen MR) is 96.9 cm³/mol. The van der Waals surface area contributed by atoms with Crippen molar-refractivity contribution in [3.63, 3.8) is 0 Å². The van der Waals surface area contributed by atoms with E-state index < -0.39 is 0 Å². The number of nitrogens with one attached hydrogen (secondary N) is 2. The van der Waals surface area contributed by atoms with Gasteiger partial charge in [-0.3, -0.25) is 9.59 Å². The smallest absolute Gasteiger partial charge is 0.220 e. The van der Waals surface area contributed by atoms with E-state index in [0.717, 1.165) is 5.56 Å². The van der Waals surface area contributed by atoms with E-state index in [-0.39, 0.29) is 30.8 Å². The molecule has 6 nitrogen and oxygen atoms in total. The predicted octanol–water partition coefficient (Wildman–Crippen LogP) is 2.04. The van der Waals surface area contributed by atoms with Crippen LogP contribution in [-0.4, -0.2) is 31.1 Å². The quantitative estimate of drug-likeness (QED) is 0.798. The maximum atomic E-state index is 11.9. The van der Waals surface area contributed by atoms with E-state index in [1.807, 2.05) is 54.6 Å². The maximum absolute atomic E-state index is 11.9. The van der Waals surface area contributed by atoms with Crippen molar-refractivity contribution in [2.75, 3.05) is 13.2 Å². The lowest BCUT2D eigenvalue weighted by Gasteiger charge is -2.26. The van der Waals surface area contributed by atoms with E-state index in [4.69, 9.17) is 9.47 Å². The van der Waals surface area contributed by atoms with E-state index in [1.54, 1.807) is 0 Å². The van der Waals surface area contributed by atoms with Gasteiger partial charge >= 0.3 is 0 Å². The molecule has 0 aliphatic carbocycles. The van der Waals surface area contributed by atoms with E-state index in [2.05, 4.69) is 10.6 Å². The molecule has 0 saturated heterocycles. The molecule has 2 N–H and O–H groups in total. The number of amides is 2. The minimum atomic E-state index is -0.235. The largest absolute Gasteiger partial charge is 0.486 e. The van der Waals surface area contributed by atoms with Gasteiger partial charge in [-0.2, -0.15) is 0 Å². The number of para-hydroxylation sites is 2. The topological polar surface area (TPSA) is 76.7 Å². The number of carbonyl (C=O) groups is 2. The first-order valence-corrected chi connectivity index (χ1v) is 8.66. The highest BCUT2D eigenvalue weighted by atomic mass is 16.6. The minimum Gasteiger partial charge on any atom is -0.486 e. The van der Waals surface area contributed by atoms with Gasteiger partial charge in [-0.05, 0) is 17.7 Å². The second-order valence-electron chi connectivity index (χ2n) is 6.06. The van der Waals surface area contributed by atoms with Gasteiger partial charge in [0.25, 0.3) is 0 Å². The van der Waals surface area contributed by atoms with Gasteiger partial charge in [-0.1, -0.05) is 42.5 Å². The molecule has 2 aromatic carbocycles. The van der Waals surface area contributed by atoms with Crippen molar-refractivity contribution < 1.29 is 19.1 Å². The lowest BCUT2D eigenvalue weighted by Crippen LogP contribution is -2.41. The Bertz CT molecular complexity index is 748. The van der Waals surface area contributed by atoms with Crippen molar-refractivity contribution >= 4 is 11.8 Å². The SMILES string of the molecule is O=C(CCC(=O)NCC1COc2ccccc2O1)NCc1ccccc1. The first-order chi connectivity index (χ1) is 12.7. The van der Waals surface area contributed by atoms with Crippen LogP contribution in [0.4, 0.5) is 0 Å². The summed E-state index contributed by atoms with van der Waals surface area (Å²) >= 11 is 0. The average molecular weight is 354 g/mol. The monoisotopic (exact) mass is 354 g/mol. The van der Waals surface area contributed by atoms with E-state index in [1.165, 1.54) is 0 Å². The van der Waals surface area contributed by atoms with Crippen LogP contribution in [0.3, 0.4) is 0 Å². The Morgan fingerprint density at radius 1 is 0.885 bits per heavy atom. The Morgan fingerprint density at radius 3 is 2.31 bits per heavy atom. The molecule has 0 spiro atoms. The molecule has 26 heavy (non-hydrogen) atoms. The molecular weight excluding hydrogens is 332 g/mol. The summed E-state index contributed by atoms with van der Waals surface area (Å²) in [7, 11) is 0. The first kappa shape index (κ1) is 17.8. The second kappa shape index (κ2) is 8.89. The fraction of sp³-hybridized carbons (Fsp3) is 0.300. The molecule has 1 unspecified atom stereocenters. The van der Waals surface area contributed by atoms with Gasteiger partial charge in [-0.25, -0.2) is 0 Å². The summed E-state index contributed by atoms with van der Waals surface area (Å²) in [6.45, 7) is 1.20. The Labute approximate surface area is 152 Å². The molecule has 0 fully saturated rings. The zero-order valence-electron chi connectivity index (χ0n) is 14.4. The average Bonchev–Trinajstić information content (AvgIpc) is 2.69. The molecule has 136 valence electrons. The Hall–Kier alpha value is -3.02. The number of benzene rings is 2. The highest BCUT2D eigenvalue weighted by molar-refractivity contribution is 5.83. The van der Waals surface area contributed by atoms with E-state index in [9.17, 15) is 9.59 Å². The summed E-state index contributed by atoms with van der Waals surface area (Å²) < 4.78 is 11.4. The van der Waals surface area contributed by atoms with Crippen LogP contribution in [-0.2, 0) is 16.1 Å². The van der Waals surface area contributed by atoms with Gasteiger partial charge in [0.15, 0.2) is 11.5 Å². The fourth-order valence-electron chi connectivity index (χ4n) is 2.59. The summed E-state index contributed by atoms with van der Waals surface area (Å²) in [4.78, 5) is 23.8. The highest BCUT2D eigenvalue weighted by Crippen LogP contribution is 2.30. The Kier molecular flexibility index (Phi) is 6.09. The van der Waals surface area contributed by atoms with Gasteiger partial charge in [0.05, 0.1) is 6.54 Å². The van der Waals surface area contributed by atoms with Crippen LogP contribution in [0.25, 0.3) is 0 Å². The molecule has 1 aliphatic rings. The maximum Gasteiger partial charge on any atom is 0.220 e. The molecule has 6 heteroatoms.